The van der Waals surface area contributed by atoms with E-state index in [-0.39, 0.29) is 12.0 Å². The van der Waals surface area contributed by atoms with Crippen LogP contribution in [0.5, 0.6) is 5.75 Å². The Morgan fingerprint density at radius 2 is 1.97 bits per heavy atom. The van der Waals surface area contributed by atoms with E-state index < -0.39 is 5.79 Å². The SMILES string of the molecule is Cc1ccccc1C1=Nc2c(cccc2C(=O)Nc2cccc(OCC3COC(C)(C)O3)c2)C1.N=NN=NCl. The molecule has 2 heterocycles. The van der Waals surface area contributed by atoms with Gasteiger partial charge in [0.15, 0.2) is 5.79 Å². The summed E-state index contributed by atoms with van der Waals surface area (Å²) in [6.45, 7) is 6.72. The lowest BCUT2D eigenvalue weighted by molar-refractivity contribution is -0.141. The summed E-state index contributed by atoms with van der Waals surface area (Å²) in [5.74, 6) is -0.122. The molecule has 10 nitrogen and oxygen atoms in total. The van der Waals surface area contributed by atoms with Gasteiger partial charge in [0, 0.05) is 18.2 Å². The molecule has 3 aromatic carbocycles. The molecule has 0 bridgehead atoms. The number of para-hydroxylation sites is 1. The Bertz CT molecular complexity index is 1410. The molecule has 0 aliphatic carbocycles. The Labute approximate surface area is 231 Å². The van der Waals surface area contributed by atoms with Crippen LogP contribution in [0.2, 0.25) is 0 Å². The Morgan fingerprint density at radius 1 is 1.18 bits per heavy atom. The average molecular weight is 549 g/mol. The lowest BCUT2D eigenvalue weighted by atomic mass is 9.99. The van der Waals surface area contributed by atoms with Gasteiger partial charge in [-0.2, -0.15) is 5.53 Å². The van der Waals surface area contributed by atoms with Crippen molar-refractivity contribution in [3.63, 3.8) is 0 Å². The molecule has 1 fully saturated rings. The summed E-state index contributed by atoms with van der Waals surface area (Å²) < 4.78 is 19.8. The fourth-order valence-electron chi connectivity index (χ4n) is 4.37. The van der Waals surface area contributed by atoms with Gasteiger partial charge in [-0.15, -0.1) is 0 Å². The molecule has 2 aliphatic rings. The van der Waals surface area contributed by atoms with Gasteiger partial charge in [0.1, 0.15) is 18.5 Å². The molecule has 0 radical (unpaired) electrons. The molecule has 2 aliphatic heterocycles. The number of amides is 1. The first-order valence-electron chi connectivity index (χ1n) is 12.3. The summed E-state index contributed by atoms with van der Waals surface area (Å²) in [5, 5.41) is 8.08. The van der Waals surface area contributed by atoms with Gasteiger partial charge in [0.25, 0.3) is 5.91 Å². The zero-order valence-electron chi connectivity index (χ0n) is 21.8. The second-order valence-corrected chi connectivity index (χ2v) is 9.52. The molecule has 1 saturated heterocycles. The van der Waals surface area contributed by atoms with Crippen LogP contribution < -0.4 is 10.1 Å². The number of anilines is 1. The molecular weight excluding hydrogens is 520 g/mol. The highest BCUT2D eigenvalue weighted by Crippen LogP contribution is 2.34. The molecule has 1 unspecified atom stereocenters. The Balaban J connectivity index is 0.000000648. The Hall–Kier alpha value is -3.99. The van der Waals surface area contributed by atoms with Gasteiger partial charge in [-0.1, -0.05) is 47.1 Å². The number of hydrogen-bond acceptors (Lipinski definition) is 7. The standard InChI is InChI=1S/C28H28N2O4.ClHN4/c1-18-8-4-5-12-23(18)25-14-19-9-6-13-24(26(19)30-25)27(31)29-20-10-7-11-21(15-20)32-16-22-17-33-28(2,3)34-22;1-3-5-4-2/h4-13,15,22H,14,16-17H2,1-3H3,(H,29,31);2H. The molecule has 2 N–H and O–H groups in total. The third-order valence-corrected chi connectivity index (χ3v) is 6.17. The largest absolute Gasteiger partial charge is 0.491 e. The Kier molecular flexibility index (Phi) is 9.13. The minimum Gasteiger partial charge on any atom is -0.491 e. The van der Waals surface area contributed by atoms with Gasteiger partial charge in [0.2, 0.25) is 0 Å². The average Bonchev–Trinajstić information content (AvgIpc) is 3.51. The normalized spacial score (nSPS) is 17.1. The Morgan fingerprint density at radius 3 is 2.67 bits per heavy atom. The second kappa shape index (κ2) is 12.7. The van der Waals surface area contributed by atoms with Gasteiger partial charge in [-0.3, -0.25) is 9.79 Å². The van der Waals surface area contributed by atoms with Crippen molar-refractivity contribution in [1.82, 2.24) is 0 Å². The van der Waals surface area contributed by atoms with Gasteiger partial charge in [-0.05, 0) is 66.1 Å². The van der Waals surface area contributed by atoms with Gasteiger partial charge < -0.3 is 19.5 Å². The number of carbonyl (C=O) groups excluding carboxylic acids is 1. The quantitative estimate of drug-likeness (QED) is 0.243. The maximum Gasteiger partial charge on any atom is 0.257 e. The fraction of sp³-hybridized carbons (Fsp3) is 0.286. The van der Waals surface area contributed by atoms with Crippen LogP contribution in [0.3, 0.4) is 0 Å². The van der Waals surface area contributed by atoms with Crippen molar-refractivity contribution in [3.05, 3.63) is 89.0 Å². The summed E-state index contributed by atoms with van der Waals surface area (Å²) in [5.41, 5.74) is 12.2. The number of ether oxygens (including phenoxy) is 3. The number of nitrogens with zero attached hydrogens (tertiary/aromatic N) is 4. The van der Waals surface area contributed by atoms with Crippen molar-refractivity contribution in [2.24, 2.45) is 20.1 Å². The monoisotopic (exact) mass is 548 g/mol. The lowest BCUT2D eigenvalue weighted by Gasteiger charge is -2.17. The number of rotatable bonds is 7. The van der Waals surface area contributed by atoms with Crippen molar-refractivity contribution >= 4 is 34.8 Å². The highest BCUT2D eigenvalue weighted by atomic mass is 35.5. The number of halogens is 1. The first-order valence-corrected chi connectivity index (χ1v) is 12.6. The van der Waals surface area contributed by atoms with Crippen molar-refractivity contribution in [1.29, 1.82) is 5.53 Å². The number of aryl methyl sites for hydroxylation is 1. The first-order chi connectivity index (χ1) is 18.8. The maximum absolute atomic E-state index is 13.2. The number of benzene rings is 3. The van der Waals surface area contributed by atoms with Crippen LogP contribution in [0.25, 0.3) is 0 Å². The van der Waals surface area contributed by atoms with Gasteiger partial charge >= 0.3 is 0 Å². The highest BCUT2D eigenvalue weighted by Gasteiger charge is 2.33. The van der Waals surface area contributed by atoms with E-state index >= 15 is 0 Å². The topological polar surface area (TPSA) is 130 Å². The predicted molar refractivity (Wildman–Crippen MR) is 148 cm³/mol. The van der Waals surface area contributed by atoms with E-state index in [0.717, 1.165) is 22.5 Å². The third kappa shape index (κ3) is 7.32. The number of carbonyl (C=O) groups is 1. The van der Waals surface area contributed by atoms with Crippen molar-refractivity contribution < 1.29 is 19.0 Å². The van der Waals surface area contributed by atoms with Crippen LogP contribution in [-0.2, 0) is 15.9 Å². The van der Waals surface area contributed by atoms with Crippen LogP contribution in [0.1, 0.15) is 40.9 Å². The van der Waals surface area contributed by atoms with E-state index in [1.807, 2.05) is 68.4 Å². The minimum atomic E-state index is -0.582. The third-order valence-electron chi connectivity index (χ3n) is 6.10. The van der Waals surface area contributed by atoms with E-state index in [0.29, 0.717) is 36.6 Å². The summed E-state index contributed by atoms with van der Waals surface area (Å²) in [6.07, 6.45) is 0.592. The van der Waals surface area contributed by atoms with Crippen LogP contribution >= 0.6 is 11.8 Å². The summed E-state index contributed by atoms with van der Waals surface area (Å²) in [4.78, 5) is 18.0. The zero-order valence-corrected chi connectivity index (χ0v) is 22.6. The molecule has 202 valence electrons. The van der Waals surface area contributed by atoms with E-state index in [1.165, 1.54) is 5.56 Å². The minimum absolute atomic E-state index is 0.125. The predicted octanol–water partition coefficient (Wildman–Crippen LogP) is 6.99. The summed E-state index contributed by atoms with van der Waals surface area (Å²) in [6, 6.07) is 21.3. The molecule has 0 spiro atoms. The molecule has 39 heavy (non-hydrogen) atoms. The van der Waals surface area contributed by atoms with E-state index in [9.17, 15) is 4.79 Å². The molecule has 5 rings (SSSR count). The second-order valence-electron chi connectivity index (χ2n) is 9.37. The number of fused-ring (bicyclic) bond motifs is 1. The first kappa shape index (κ1) is 28.0. The number of hydrogen-bond donors (Lipinski definition) is 2. The number of nitrogens with one attached hydrogen (secondary N) is 2. The van der Waals surface area contributed by atoms with Crippen LogP contribution in [0.4, 0.5) is 11.4 Å². The number of aliphatic imine (C=N–C) groups is 1. The lowest BCUT2D eigenvalue weighted by Crippen LogP contribution is -2.25. The molecule has 0 aromatic heterocycles. The van der Waals surface area contributed by atoms with Crippen molar-refractivity contribution in [2.45, 2.75) is 39.1 Å². The fourth-order valence-corrected chi connectivity index (χ4v) is 4.40. The molecule has 11 heteroatoms. The maximum atomic E-state index is 13.2. The molecule has 3 aromatic rings. The molecule has 0 saturated carbocycles. The van der Waals surface area contributed by atoms with Gasteiger partial charge in [0.05, 0.1) is 35.3 Å². The van der Waals surface area contributed by atoms with Crippen LogP contribution in [0, 0.1) is 12.5 Å². The van der Waals surface area contributed by atoms with E-state index in [1.54, 1.807) is 0 Å². The van der Waals surface area contributed by atoms with Crippen LogP contribution in [0.15, 0.2) is 86.8 Å². The highest BCUT2D eigenvalue weighted by molar-refractivity contribution is 6.14. The zero-order chi connectivity index (χ0) is 27.8. The van der Waals surface area contributed by atoms with Crippen molar-refractivity contribution in [3.8, 4) is 5.75 Å². The van der Waals surface area contributed by atoms with E-state index in [4.69, 9.17) is 24.7 Å². The molecule has 1 atom stereocenters. The smallest absolute Gasteiger partial charge is 0.257 e. The molecular formula is C28H29ClN6O4. The van der Waals surface area contributed by atoms with Crippen LogP contribution in [-0.4, -0.2) is 36.7 Å². The summed E-state index contributed by atoms with van der Waals surface area (Å²) >= 11 is 4.55. The van der Waals surface area contributed by atoms with Gasteiger partial charge in [-0.25, -0.2) is 0 Å². The molecule has 1 amide bonds. The van der Waals surface area contributed by atoms with Crippen molar-refractivity contribution in [2.75, 3.05) is 18.5 Å². The summed E-state index contributed by atoms with van der Waals surface area (Å²) in [7, 11) is 0. The van der Waals surface area contributed by atoms with E-state index in [2.05, 4.69) is 51.2 Å².